The fourth-order valence-corrected chi connectivity index (χ4v) is 3.43. The Morgan fingerprint density at radius 1 is 1.15 bits per heavy atom. The topological polar surface area (TPSA) is 37.6 Å². The van der Waals surface area contributed by atoms with E-state index < -0.39 is 0 Å². The van der Waals surface area contributed by atoms with E-state index in [4.69, 9.17) is 21.4 Å². The Kier molecular flexibility index (Phi) is 6.53. The number of furan rings is 1. The largest absolute Gasteiger partial charge is 0.495 e. The van der Waals surface area contributed by atoms with Gasteiger partial charge in [-0.05, 0) is 66.7 Å². The number of methoxy groups -OCH3 is 1. The zero-order valence-electron chi connectivity index (χ0n) is 15.2. The van der Waals surface area contributed by atoms with Crippen molar-refractivity contribution in [2.75, 3.05) is 12.4 Å². The van der Waals surface area contributed by atoms with Crippen LogP contribution in [0.3, 0.4) is 0 Å². The van der Waals surface area contributed by atoms with Gasteiger partial charge in [0.05, 0.1) is 25.6 Å². The number of nitrogens with zero attached hydrogens (tertiary/aromatic N) is 1. The first kappa shape index (κ1) is 19.5. The monoisotopic (exact) mass is 444 g/mol. The van der Waals surface area contributed by atoms with Gasteiger partial charge in [0.25, 0.3) is 0 Å². The third kappa shape index (κ3) is 5.34. The lowest BCUT2D eigenvalue weighted by molar-refractivity contribution is 0.360. The third-order valence-electron chi connectivity index (χ3n) is 4.08. The Morgan fingerprint density at radius 3 is 2.70 bits per heavy atom. The van der Waals surface area contributed by atoms with Gasteiger partial charge in [-0.1, -0.05) is 34.1 Å². The van der Waals surface area contributed by atoms with Crippen LogP contribution >= 0.6 is 28.1 Å². The number of aryl methyl sites for hydroxylation is 1. The Morgan fingerprint density at radius 2 is 2.00 bits per heavy atom. The van der Waals surface area contributed by atoms with Crippen molar-refractivity contribution in [2.45, 2.75) is 20.0 Å². The van der Waals surface area contributed by atoms with Crippen molar-refractivity contribution in [1.29, 1.82) is 0 Å². The third-order valence-corrected chi connectivity index (χ3v) is 4.93. The smallest absolute Gasteiger partial charge is 0.174 e. The minimum Gasteiger partial charge on any atom is -0.495 e. The molecule has 0 saturated heterocycles. The quantitative estimate of drug-likeness (QED) is 0.489. The number of thiocarbonyl (C=S) groups is 1. The number of ether oxygens (including phenoxy) is 1. The molecule has 0 fully saturated rings. The summed E-state index contributed by atoms with van der Waals surface area (Å²) in [6.45, 7) is 3.25. The molecule has 4 nitrogen and oxygen atoms in total. The van der Waals surface area contributed by atoms with Gasteiger partial charge < -0.3 is 19.4 Å². The highest BCUT2D eigenvalue weighted by Crippen LogP contribution is 2.26. The molecule has 2 aromatic carbocycles. The zero-order chi connectivity index (χ0) is 19.2. The van der Waals surface area contributed by atoms with Crippen LogP contribution in [0.15, 0.2) is 69.8 Å². The molecule has 6 heteroatoms. The minimum absolute atomic E-state index is 0.569. The van der Waals surface area contributed by atoms with E-state index in [0.717, 1.165) is 32.8 Å². The number of hydrogen-bond acceptors (Lipinski definition) is 3. The molecule has 0 amide bonds. The summed E-state index contributed by atoms with van der Waals surface area (Å²) in [5, 5.41) is 3.92. The molecule has 0 aliphatic carbocycles. The van der Waals surface area contributed by atoms with Crippen LogP contribution < -0.4 is 10.1 Å². The average molecular weight is 445 g/mol. The van der Waals surface area contributed by atoms with E-state index >= 15 is 0 Å². The molecule has 0 aliphatic rings. The molecule has 0 radical (unpaired) electrons. The van der Waals surface area contributed by atoms with Gasteiger partial charge in [0.2, 0.25) is 0 Å². The van der Waals surface area contributed by atoms with Gasteiger partial charge in [0.1, 0.15) is 11.5 Å². The molecule has 3 aromatic rings. The minimum atomic E-state index is 0.569. The number of anilines is 1. The molecular weight excluding hydrogens is 424 g/mol. The van der Waals surface area contributed by atoms with Crippen LogP contribution in [-0.2, 0) is 13.1 Å². The van der Waals surface area contributed by atoms with Gasteiger partial charge in [-0.15, -0.1) is 0 Å². The molecule has 1 aromatic heterocycles. The Bertz CT molecular complexity index is 912. The Hall–Kier alpha value is -2.31. The van der Waals surface area contributed by atoms with Crippen LogP contribution in [-0.4, -0.2) is 17.1 Å². The van der Waals surface area contributed by atoms with E-state index in [9.17, 15) is 0 Å². The van der Waals surface area contributed by atoms with E-state index in [1.54, 1.807) is 13.4 Å². The van der Waals surface area contributed by atoms with Gasteiger partial charge in [0.15, 0.2) is 5.11 Å². The zero-order valence-corrected chi connectivity index (χ0v) is 17.6. The van der Waals surface area contributed by atoms with Crippen molar-refractivity contribution in [3.63, 3.8) is 0 Å². The first-order valence-electron chi connectivity index (χ1n) is 8.52. The maximum atomic E-state index is 5.71. The predicted octanol–water partition coefficient (Wildman–Crippen LogP) is 5.76. The van der Waals surface area contributed by atoms with Gasteiger partial charge in [-0.25, -0.2) is 0 Å². The highest BCUT2D eigenvalue weighted by molar-refractivity contribution is 9.10. The molecule has 1 heterocycles. The van der Waals surface area contributed by atoms with E-state index in [-0.39, 0.29) is 0 Å². The summed E-state index contributed by atoms with van der Waals surface area (Å²) >= 11 is 9.24. The average Bonchev–Trinajstić information content (AvgIpc) is 3.15. The van der Waals surface area contributed by atoms with Crippen LogP contribution in [0.4, 0.5) is 5.69 Å². The lowest BCUT2D eigenvalue weighted by atomic mass is 10.2. The molecule has 0 aliphatic heterocycles. The number of halogens is 1. The summed E-state index contributed by atoms with van der Waals surface area (Å²) in [4.78, 5) is 2.06. The van der Waals surface area contributed by atoms with E-state index in [2.05, 4.69) is 38.3 Å². The van der Waals surface area contributed by atoms with Gasteiger partial charge in [0, 0.05) is 11.0 Å². The maximum Gasteiger partial charge on any atom is 0.174 e. The Labute approximate surface area is 173 Å². The number of benzene rings is 2. The van der Waals surface area contributed by atoms with Crippen LogP contribution in [0.5, 0.6) is 5.75 Å². The number of nitrogens with one attached hydrogen (secondary N) is 1. The lowest BCUT2D eigenvalue weighted by Crippen LogP contribution is -2.33. The fraction of sp³-hybridized carbons (Fsp3) is 0.190. The summed E-state index contributed by atoms with van der Waals surface area (Å²) < 4.78 is 12.0. The Balaban J connectivity index is 1.82. The molecular formula is C21H21BrN2O2S. The van der Waals surface area contributed by atoms with Crippen molar-refractivity contribution in [2.24, 2.45) is 0 Å². The van der Waals surface area contributed by atoms with E-state index in [0.29, 0.717) is 18.2 Å². The van der Waals surface area contributed by atoms with Crippen molar-refractivity contribution < 1.29 is 9.15 Å². The highest BCUT2D eigenvalue weighted by Gasteiger charge is 2.15. The van der Waals surface area contributed by atoms with Crippen LogP contribution in [0.25, 0.3) is 0 Å². The second kappa shape index (κ2) is 9.06. The SMILES string of the molecule is COc1cc(C)ccc1NC(=S)N(Cc1cccc(Br)c1)Cc1ccco1. The van der Waals surface area contributed by atoms with E-state index in [1.165, 1.54) is 0 Å². The van der Waals surface area contributed by atoms with Crippen molar-refractivity contribution in [3.8, 4) is 5.75 Å². The second-order valence-corrected chi connectivity index (χ2v) is 7.50. The molecule has 0 bridgehead atoms. The first-order valence-corrected chi connectivity index (χ1v) is 9.72. The summed E-state index contributed by atoms with van der Waals surface area (Å²) in [7, 11) is 1.66. The van der Waals surface area contributed by atoms with Crippen molar-refractivity contribution in [3.05, 3.63) is 82.2 Å². The van der Waals surface area contributed by atoms with Crippen LogP contribution in [0.1, 0.15) is 16.9 Å². The van der Waals surface area contributed by atoms with E-state index in [1.807, 2.05) is 49.4 Å². The molecule has 140 valence electrons. The summed E-state index contributed by atoms with van der Waals surface area (Å²) in [5.74, 6) is 1.61. The molecule has 0 unspecified atom stereocenters. The van der Waals surface area contributed by atoms with Gasteiger partial charge in [-0.3, -0.25) is 0 Å². The maximum absolute atomic E-state index is 5.71. The second-order valence-electron chi connectivity index (χ2n) is 6.20. The van der Waals surface area contributed by atoms with Gasteiger partial charge >= 0.3 is 0 Å². The fourth-order valence-electron chi connectivity index (χ4n) is 2.74. The number of rotatable bonds is 6. The standard InChI is InChI=1S/C21H21BrN2O2S/c1-15-8-9-19(20(11-15)25-2)23-21(27)24(14-18-7-4-10-26-18)13-16-5-3-6-17(22)12-16/h3-12H,13-14H2,1-2H3,(H,23,27). The molecule has 0 saturated carbocycles. The van der Waals surface area contributed by atoms with Gasteiger partial charge in [-0.2, -0.15) is 0 Å². The molecule has 0 spiro atoms. The molecule has 0 atom stereocenters. The van der Waals surface area contributed by atoms with Crippen molar-refractivity contribution >= 4 is 38.9 Å². The lowest BCUT2D eigenvalue weighted by Gasteiger charge is -2.26. The van der Waals surface area contributed by atoms with Crippen molar-refractivity contribution in [1.82, 2.24) is 4.90 Å². The summed E-state index contributed by atoms with van der Waals surface area (Å²) in [6.07, 6.45) is 1.67. The summed E-state index contributed by atoms with van der Waals surface area (Å²) in [5.41, 5.74) is 3.12. The molecule has 3 rings (SSSR count). The normalized spacial score (nSPS) is 10.5. The van der Waals surface area contributed by atoms with Crippen LogP contribution in [0.2, 0.25) is 0 Å². The first-order chi connectivity index (χ1) is 13.0. The molecule has 1 N–H and O–H groups in total. The highest BCUT2D eigenvalue weighted by atomic mass is 79.9. The summed E-state index contributed by atoms with van der Waals surface area (Å²) in [6, 6.07) is 18.0. The van der Waals surface area contributed by atoms with Crippen LogP contribution in [0, 0.1) is 6.92 Å². The number of hydrogen-bond donors (Lipinski definition) is 1. The molecule has 27 heavy (non-hydrogen) atoms. The predicted molar refractivity (Wildman–Crippen MR) is 116 cm³/mol.